The van der Waals surface area contributed by atoms with Crippen molar-refractivity contribution >= 4 is 11.5 Å². The smallest absolute Gasteiger partial charge is 0.248 e. The van der Waals surface area contributed by atoms with E-state index in [0.29, 0.717) is 12.3 Å². The van der Waals surface area contributed by atoms with E-state index in [4.69, 9.17) is 4.74 Å². The summed E-state index contributed by atoms with van der Waals surface area (Å²) < 4.78 is 49.0. The Morgan fingerprint density at radius 3 is 2.68 bits per heavy atom. The number of ether oxygens (including phenoxy) is 1. The van der Waals surface area contributed by atoms with Gasteiger partial charge in [0.2, 0.25) is 5.92 Å². The van der Waals surface area contributed by atoms with Crippen LogP contribution >= 0.6 is 0 Å². The fourth-order valence-electron chi connectivity index (χ4n) is 4.20. The molecule has 0 spiro atoms. The molecule has 2 aliphatic heterocycles. The summed E-state index contributed by atoms with van der Waals surface area (Å²) in [4.78, 5) is 8.83. The van der Waals surface area contributed by atoms with Crippen LogP contribution in [0.5, 0.6) is 0 Å². The highest BCUT2D eigenvalue weighted by molar-refractivity contribution is 5.86. The zero-order valence-electron chi connectivity index (χ0n) is 14.3. The molecule has 0 amide bonds. The number of methoxy groups -OCH3 is 1. The van der Waals surface area contributed by atoms with Gasteiger partial charge in [0.05, 0.1) is 37.1 Å². The van der Waals surface area contributed by atoms with E-state index in [1.165, 1.54) is 0 Å². The Morgan fingerprint density at radius 2 is 1.96 bits per heavy atom. The molecule has 25 heavy (non-hydrogen) atoms. The quantitative estimate of drug-likeness (QED) is 0.791. The second-order valence-corrected chi connectivity index (χ2v) is 7.32. The molecule has 1 atom stereocenters. The summed E-state index contributed by atoms with van der Waals surface area (Å²) in [6, 6.07) is -0.0898. The summed E-state index contributed by atoms with van der Waals surface area (Å²) in [7, 11) is 1.61. The highest BCUT2D eigenvalue weighted by atomic mass is 19.3. The van der Waals surface area contributed by atoms with Gasteiger partial charge in [-0.2, -0.15) is 0 Å². The number of aromatic nitrogens is 2. The Hall–Kier alpha value is -1.79. The number of hydrogen-bond acceptors (Lipinski definition) is 3. The second kappa shape index (κ2) is 5.88. The van der Waals surface area contributed by atoms with Crippen molar-refractivity contribution in [2.75, 3.05) is 7.11 Å². The van der Waals surface area contributed by atoms with Gasteiger partial charge in [0.15, 0.2) is 5.90 Å². The summed E-state index contributed by atoms with van der Waals surface area (Å²) in [5.74, 6) is -2.02. The van der Waals surface area contributed by atoms with Crippen molar-refractivity contribution in [3.8, 4) is 0 Å². The third kappa shape index (κ3) is 2.98. The standard InChI is InChI=1S/C18H22F3N3O/c1-25-15-3-2-12-14-10-22-11-24(14)13(16(12)23-15)4-5-17(19)6-8-18(20,21)9-7-17/h10-11,13H,2-9H2,1H3. The molecule has 1 fully saturated rings. The zero-order valence-corrected chi connectivity index (χ0v) is 14.3. The largest absolute Gasteiger partial charge is 0.484 e. The van der Waals surface area contributed by atoms with Crippen LogP contribution in [-0.4, -0.2) is 34.1 Å². The van der Waals surface area contributed by atoms with E-state index in [1.54, 1.807) is 13.4 Å². The average molecular weight is 353 g/mol. The molecular weight excluding hydrogens is 331 g/mol. The van der Waals surface area contributed by atoms with E-state index >= 15 is 4.39 Å². The van der Waals surface area contributed by atoms with E-state index in [9.17, 15) is 8.78 Å². The molecule has 0 saturated heterocycles. The van der Waals surface area contributed by atoms with Gasteiger partial charge in [-0.25, -0.2) is 23.1 Å². The minimum atomic E-state index is -2.71. The SMILES string of the molecule is COC1=NC2=C(CC1)c1cncn1C2CCC1(F)CCC(F)(F)CC1. The number of nitrogens with zero attached hydrogens (tertiary/aromatic N) is 3. The van der Waals surface area contributed by atoms with Crippen molar-refractivity contribution in [2.24, 2.45) is 4.99 Å². The lowest BCUT2D eigenvalue weighted by molar-refractivity contribution is -0.0782. The number of fused-ring (bicyclic) bond motifs is 2. The highest BCUT2D eigenvalue weighted by Gasteiger charge is 2.44. The Morgan fingerprint density at radius 1 is 1.20 bits per heavy atom. The van der Waals surface area contributed by atoms with Crippen LogP contribution in [0, 0.1) is 0 Å². The number of alkyl halides is 3. The minimum absolute atomic E-state index is 0.0675. The predicted molar refractivity (Wildman–Crippen MR) is 88.4 cm³/mol. The van der Waals surface area contributed by atoms with E-state index < -0.39 is 11.6 Å². The van der Waals surface area contributed by atoms with Gasteiger partial charge >= 0.3 is 0 Å². The summed E-state index contributed by atoms with van der Waals surface area (Å²) in [5.41, 5.74) is 1.59. The second-order valence-electron chi connectivity index (χ2n) is 7.32. The first-order chi connectivity index (χ1) is 11.9. The molecule has 1 aromatic heterocycles. The first-order valence-electron chi connectivity index (χ1n) is 8.84. The monoisotopic (exact) mass is 353 g/mol. The van der Waals surface area contributed by atoms with Gasteiger partial charge in [0.25, 0.3) is 0 Å². The molecule has 1 unspecified atom stereocenters. The van der Waals surface area contributed by atoms with Gasteiger partial charge in [-0.05, 0) is 32.1 Å². The van der Waals surface area contributed by atoms with Crippen molar-refractivity contribution in [3.05, 3.63) is 23.9 Å². The normalized spacial score (nSPS) is 26.9. The third-order valence-electron chi connectivity index (χ3n) is 5.75. The number of rotatable bonds is 3. The number of imidazole rings is 1. The van der Waals surface area contributed by atoms with Crippen LogP contribution in [-0.2, 0) is 4.74 Å². The van der Waals surface area contributed by atoms with Gasteiger partial charge < -0.3 is 9.30 Å². The van der Waals surface area contributed by atoms with Gasteiger partial charge in [0, 0.05) is 24.8 Å². The van der Waals surface area contributed by atoms with Crippen molar-refractivity contribution in [3.63, 3.8) is 0 Å². The molecule has 3 aliphatic rings. The van der Waals surface area contributed by atoms with Crippen LogP contribution in [0.3, 0.4) is 0 Å². The molecule has 0 N–H and O–H groups in total. The third-order valence-corrected chi connectivity index (χ3v) is 5.75. The molecule has 136 valence electrons. The molecular formula is C18H22F3N3O. The van der Waals surface area contributed by atoms with Crippen molar-refractivity contribution in [1.29, 1.82) is 0 Å². The van der Waals surface area contributed by atoms with Crippen LogP contribution in [0.15, 0.2) is 23.2 Å². The summed E-state index contributed by atoms with van der Waals surface area (Å²) >= 11 is 0. The van der Waals surface area contributed by atoms with Gasteiger partial charge in [-0.3, -0.25) is 0 Å². The molecule has 4 rings (SSSR count). The van der Waals surface area contributed by atoms with Crippen LogP contribution in [0.25, 0.3) is 5.57 Å². The molecule has 1 saturated carbocycles. The van der Waals surface area contributed by atoms with Crippen molar-refractivity contribution in [2.45, 2.75) is 69.0 Å². The fourth-order valence-corrected chi connectivity index (χ4v) is 4.20. The topological polar surface area (TPSA) is 39.4 Å². The highest BCUT2D eigenvalue weighted by Crippen LogP contribution is 2.47. The maximum absolute atomic E-state index is 15.0. The van der Waals surface area contributed by atoms with Crippen LogP contribution in [0.2, 0.25) is 0 Å². The molecule has 7 heteroatoms. The fraction of sp³-hybridized carbons (Fsp3) is 0.667. The molecule has 0 aromatic carbocycles. The van der Waals surface area contributed by atoms with Gasteiger partial charge in [-0.15, -0.1) is 0 Å². The Bertz CT molecular complexity index is 728. The molecule has 0 bridgehead atoms. The van der Waals surface area contributed by atoms with E-state index in [1.807, 2.05) is 10.8 Å². The van der Waals surface area contributed by atoms with Gasteiger partial charge in [0.1, 0.15) is 5.67 Å². The molecule has 1 aliphatic carbocycles. The maximum atomic E-state index is 15.0. The lowest BCUT2D eigenvalue weighted by Crippen LogP contribution is -2.35. The van der Waals surface area contributed by atoms with Crippen molar-refractivity contribution < 1.29 is 17.9 Å². The molecule has 3 heterocycles. The minimum Gasteiger partial charge on any atom is -0.484 e. The first-order valence-corrected chi connectivity index (χ1v) is 8.84. The van der Waals surface area contributed by atoms with Crippen LogP contribution < -0.4 is 0 Å². The summed E-state index contributed by atoms with van der Waals surface area (Å²) in [5, 5.41) is 0. The van der Waals surface area contributed by atoms with Crippen LogP contribution in [0.4, 0.5) is 13.2 Å². The Labute approximate surface area is 144 Å². The molecule has 0 radical (unpaired) electrons. The number of allylic oxidation sites excluding steroid dienone is 2. The maximum Gasteiger partial charge on any atom is 0.248 e. The molecule has 1 aromatic rings. The van der Waals surface area contributed by atoms with E-state index in [0.717, 1.165) is 29.8 Å². The predicted octanol–water partition coefficient (Wildman–Crippen LogP) is 4.69. The van der Waals surface area contributed by atoms with Crippen molar-refractivity contribution in [1.82, 2.24) is 9.55 Å². The Balaban J connectivity index is 1.52. The Kier molecular flexibility index (Phi) is 3.92. The lowest BCUT2D eigenvalue weighted by Gasteiger charge is -2.34. The van der Waals surface area contributed by atoms with E-state index in [2.05, 4.69) is 9.98 Å². The summed E-state index contributed by atoms with van der Waals surface area (Å²) in [6.45, 7) is 0. The first kappa shape index (κ1) is 16.7. The zero-order chi connectivity index (χ0) is 17.7. The molecule has 4 nitrogen and oxygen atoms in total. The lowest BCUT2D eigenvalue weighted by atomic mass is 9.80. The van der Waals surface area contributed by atoms with E-state index in [-0.39, 0.29) is 38.1 Å². The number of halogens is 3. The average Bonchev–Trinajstić information content (AvgIpc) is 3.17. The van der Waals surface area contributed by atoms with Crippen LogP contribution in [0.1, 0.15) is 63.1 Å². The van der Waals surface area contributed by atoms with Gasteiger partial charge in [-0.1, -0.05) is 0 Å². The number of hydrogen-bond donors (Lipinski definition) is 0. The number of aliphatic imine (C=N–C) groups is 1. The summed E-state index contributed by atoms with van der Waals surface area (Å²) in [6.07, 6.45) is 5.09.